The zero-order chi connectivity index (χ0) is 15.2. The largest absolute Gasteiger partial charge is 0.329 e. The van der Waals surface area contributed by atoms with E-state index >= 15 is 0 Å². The second-order valence-corrected chi connectivity index (χ2v) is 5.41. The molecule has 0 saturated carbocycles. The zero-order valence-electron chi connectivity index (χ0n) is 11.7. The third-order valence-electron chi connectivity index (χ3n) is 2.83. The average molecular weight is 301 g/mol. The topological polar surface area (TPSA) is 70.6 Å². The minimum Gasteiger partial charge on any atom is -0.317 e. The van der Waals surface area contributed by atoms with Gasteiger partial charge in [-0.3, -0.25) is 9.59 Å². The predicted octanol–water partition coefficient (Wildman–Crippen LogP) is 2.45. The van der Waals surface area contributed by atoms with Crippen molar-refractivity contribution in [1.29, 1.82) is 0 Å². The quantitative estimate of drug-likeness (QED) is 0.519. The number of thiophene rings is 1. The Morgan fingerprint density at radius 2 is 1.81 bits per heavy atom. The summed E-state index contributed by atoms with van der Waals surface area (Å²) < 4.78 is 0. The standard InChI is InChI=1S/C15H15N3O2S/c1-10-5-3-6-11(2)13(10)17-14(19)15(20)18-16-9-12-7-4-8-21-12/h3-9H,1-2H3,(H,17,19)(H,18,20). The molecule has 0 radical (unpaired) electrons. The SMILES string of the molecule is Cc1cccc(C)c1NC(=O)C(=O)NN=Cc1cccs1. The molecule has 0 aliphatic carbocycles. The van der Waals surface area contributed by atoms with Crippen LogP contribution in [0.3, 0.4) is 0 Å². The number of anilines is 1. The van der Waals surface area contributed by atoms with E-state index in [9.17, 15) is 9.59 Å². The van der Waals surface area contributed by atoms with Crippen LogP contribution in [0.2, 0.25) is 0 Å². The zero-order valence-corrected chi connectivity index (χ0v) is 12.5. The molecule has 21 heavy (non-hydrogen) atoms. The summed E-state index contributed by atoms with van der Waals surface area (Å²) >= 11 is 1.49. The number of nitrogens with one attached hydrogen (secondary N) is 2. The molecule has 0 bridgehead atoms. The van der Waals surface area contributed by atoms with Gasteiger partial charge in [-0.1, -0.05) is 24.3 Å². The lowest BCUT2D eigenvalue weighted by Gasteiger charge is -2.10. The maximum atomic E-state index is 11.8. The minimum atomic E-state index is -0.801. The lowest BCUT2D eigenvalue weighted by atomic mass is 10.1. The highest BCUT2D eigenvalue weighted by Crippen LogP contribution is 2.19. The van der Waals surface area contributed by atoms with Crippen LogP contribution in [-0.4, -0.2) is 18.0 Å². The third kappa shape index (κ3) is 4.00. The molecule has 1 aromatic carbocycles. The molecule has 6 heteroatoms. The van der Waals surface area contributed by atoms with Gasteiger partial charge in [0.2, 0.25) is 0 Å². The molecule has 0 atom stereocenters. The van der Waals surface area contributed by atoms with Gasteiger partial charge in [-0.05, 0) is 36.4 Å². The first kappa shape index (κ1) is 14.9. The van der Waals surface area contributed by atoms with E-state index in [1.807, 2.05) is 49.6 Å². The third-order valence-corrected chi connectivity index (χ3v) is 3.63. The van der Waals surface area contributed by atoms with E-state index in [1.54, 1.807) is 0 Å². The Labute approximate surface area is 126 Å². The fourth-order valence-electron chi connectivity index (χ4n) is 1.75. The number of hydrogen-bond acceptors (Lipinski definition) is 4. The molecule has 2 aromatic rings. The van der Waals surface area contributed by atoms with Gasteiger partial charge in [0.25, 0.3) is 0 Å². The number of carbonyl (C=O) groups excluding carboxylic acids is 2. The molecule has 0 saturated heterocycles. The van der Waals surface area contributed by atoms with Crippen LogP contribution in [0.4, 0.5) is 5.69 Å². The number of hydrogen-bond donors (Lipinski definition) is 2. The van der Waals surface area contributed by atoms with Gasteiger partial charge in [0.15, 0.2) is 0 Å². The summed E-state index contributed by atoms with van der Waals surface area (Å²) in [6, 6.07) is 9.37. The van der Waals surface area contributed by atoms with Crippen molar-refractivity contribution in [1.82, 2.24) is 5.43 Å². The summed E-state index contributed by atoms with van der Waals surface area (Å²) in [5.74, 6) is -1.54. The molecule has 108 valence electrons. The maximum absolute atomic E-state index is 11.8. The van der Waals surface area contributed by atoms with Gasteiger partial charge in [0.1, 0.15) is 0 Å². The number of amides is 2. The molecule has 2 amide bonds. The molecule has 0 unspecified atom stereocenters. The van der Waals surface area contributed by atoms with E-state index in [1.165, 1.54) is 17.6 Å². The number of nitrogens with zero attached hydrogens (tertiary/aromatic N) is 1. The Balaban J connectivity index is 1.95. The summed E-state index contributed by atoms with van der Waals surface area (Å²) in [5.41, 5.74) is 4.66. The van der Waals surface area contributed by atoms with Crippen molar-refractivity contribution in [3.05, 3.63) is 51.7 Å². The molecular weight excluding hydrogens is 286 g/mol. The van der Waals surface area contributed by atoms with Crippen molar-refractivity contribution in [3.8, 4) is 0 Å². The first-order valence-electron chi connectivity index (χ1n) is 6.32. The van der Waals surface area contributed by atoms with Crippen molar-refractivity contribution in [3.63, 3.8) is 0 Å². The van der Waals surface area contributed by atoms with Crippen molar-refractivity contribution >= 4 is 35.1 Å². The number of benzene rings is 1. The number of rotatable bonds is 3. The normalized spacial score (nSPS) is 10.6. The molecule has 5 nitrogen and oxygen atoms in total. The van der Waals surface area contributed by atoms with Gasteiger partial charge in [-0.15, -0.1) is 11.3 Å². The molecule has 1 heterocycles. The van der Waals surface area contributed by atoms with E-state index < -0.39 is 11.8 Å². The lowest BCUT2D eigenvalue weighted by Crippen LogP contribution is -2.32. The molecule has 0 spiro atoms. The van der Waals surface area contributed by atoms with E-state index in [-0.39, 0.29) is 0 Å². The van der Waals surface area contributed by atoms with E-state index in [0.717, 1.165) is 16.0 Å². The average Bonchev–Trinajstić information content (AvgIpc) is 2.96. The van der Waals surface area contributed by atoms with Gasteiger partial charge in [-0.25, -0.2) is 5.43 Å². The number of carbonyl (C=O) groups is 2. The smallest absolute Gasteiger partial charge is 0.317 e. The fourth-order valence-corrected chi connectivity index (χ4v) is 2.34. The number of aryl methyl sites for hydroxylation is 2. The van der Waals surface area contributed by atoms with Crippen LogP contribution in [0.15, 0.2) is 40.8 Å². The molecule has 0 aliphatic rings. The summed E-state index contributed by atoms with van der Waals surface area (Å²) in [4.78, 5) is 24.4. The Hall–Kier alpha value is -2.47. The summed E-state index contributed by atoms with van der Waals surface area (Å²) in [7, 11) is 0. The van der Waals surface area contributed by atoms with Crippen LogP contribution in [0.5, 0.6) is 0 Å². The first-order chi connectivity index (χ1) is 10.1. The van der Waals surface area contributed by atoms with Crippen LogP contribution in [0.25, 0.3) is 0 Å². The molecule has 0 aliphatic heterocycles. The Morgan fingerprint density at radius 1 is 1.10 bits per heavy atom. The van der Waals surface area contributed by atoms with Gasteiger partial charge in [-0.2, -0.15) is 5.10 Å². The summed E-state index contributed by atoms with van der Waals surface area (Å²) in [5, 5.41) is 8.25. The van der Waals surface area contributed by atoms with Crippen LogP contribution in [-0.2, 0) is 9.59 Å². The second-order valence-electron chi connectivity index (χ2n) is 4.44. The first-order valence-corrected chi connectivity index (χ1v) is 7.20. The van der Waals surface area contributed by atoms with Gasteiger partial charge in [0.05, 0.1) is 6.21 Å². The number of para-hydroxylation sites is 1. The van der Waals surface area contributed by atoms with Crippen LogP contribution in [0, 0.1) is 13.8 Å². The highest BCUT2D eigenvalue weighted by molar-refractivity contribution is 7.11. The lowest BCUT2D eigenvalue weighted by molar-refractivity contribution is -0.136. The van der Waals surface area contributed by atoms with Crippen LogP contribution in [0.1, 0.15) is 16.0 Å². The monoisotopic (exact) mass is 301 g/mol. The minimum absolute atomic E-state index is 0.653. The van der Waals surface area contributed by atoms with Crippen molar-refractivity contribution in [2.75, 3.05) is 5.32 Å². The maximum Gasteiger partial charge on any atom is 0.329 e. The Bertz CT molecular complexity index is 658. The molecule has 2 rings (SSSR count). The van der Waals surface area contributed by atoms with Crippen molar-refractivity contribution in [2.45, 2.75) is 13.8 Å². The predicted molar refractivity (Wildman–Crippen MR) is 84.6 cm³/mol. The highest BCUT2D eigenvalue weighted by atomic mass is 32.1. The second kappa shape index (κ2) is 6.81. The fraction of sp³-hybridized carbons (Fsp3) is 0.133. The van der Waals surface area contributed by atoms with E-state index in [0.29, 0.717) is 5.69 Å². The molecular formula is C15H15N3O2S. The van der Waals surface area contributed by atoms with Crippen molar-refractivity contribution in [2.24, 2.45) is 5.10 Å². The van der Waals surface area contributed by atoms with Crippen LogP contribution >= 0.6 is 11.3 Å². The van der Waals surface area contributed by atoms with Crippen molar-refractivity contribution < 1.29 is 9.59 Å². The summed E-state index contributed by atoms with van der Waals surface area (Å²) in [6.07, 6.45) is 1.49. The van der Waals surface area contributed by atoms with Gasteiger partial charge in [0, 0.05) is 10.6 Å². The number of hydrazone groups is 1. The molecule has 0 fully saturated rings. The highest BCUT2D eigenvalue weighted by Gasteiger charge is 2.14. The van der Waals surface area contributed by atoms with E-state index in [4.69, 9.17) is 0 Å². The van der Waals surface area contributed by atoms with Crippen LogP contribution < -0.4 is 10.7 Å². The molecule has 1 aromatic heterocycles. The Kier molecular flexibility index (Phi) is 4.84. The van der Waals surface area contributed by atoms with Gasteiger partial charge >= 0.3 is 11.8 Å². The van der Waals surface area contributed by atoms with E-state index in [2.05, 4.69) is 15.8 Å². The summed E-state index contributed by atoms with van der Waals surface area (Å²) in [6.45, 7) is 3.74. The van der Waals surface area contributed by atoms with Gasteiger partial charge < -0.3 is 5.32 Å². The molecule has 2 N–H and O–H groups in total. The Morgan fingerprint density at radius 3 is 2.43 bits per heavy atom.